The van der Waals surface area contributed by atoms with Crippen LogP contribution in [0.2, 0.25) is 0 Å². The van der Waals surface area contributed by atoms with Crippen LogP contribution in [0.15, 0.2) is 21.9 Å². The summed E-state index contributed by atoms with van der Waals surface area (Å²) in [5.74, 6) is 0. The lowest BCUT2D eigenvalue weighted by atomic mass is 10.2. The molecule has 1 rings (SSSR count). The zero-order valence-electron chi connectivity index (χ0n) is 5.95. The summed E-state index contributed by atoms with van der Waals surface area (Å²) in [6.07, 6.45) is 1.36. The van der Waals surface area contributed by atoms with Crippen molar-refractivity contribution in [1.82, 2.24) is 4.98 Å². The van der Waals surface area contributed by atoms with Crippen LogP contribution in [0.25, 0.3) is 0 Å². The summed E-state index contributed by atoms with van der Waals surface area (Å²) >= 11 is 3.23. The fraction of sp³-hybridized carbons (Fsp3) is 0.143. The van der Waals surface area contributed by atoms with Crippen LogP contribution >= 0.6 is 15.9 Å². The molecule has 0 aliphatic rings. The van der Waals surface area contributed by atoms with Crippen LogP contribution in [0.5, 0.6) is 0 Å². The van der Waals surface area contributed by atoms with Gasteiger partial charge in [-0.2, -0.15) is 0 Å². The van der Waals surface area contributed by atoms with Gasteiger partial charge in [-0.15, -0.1) is 0 Å². The summed E-state index contributed by atoms with van der Waals surface area (Å²) in [4.78, 5) is 4.11. The third kappa shape index (κ3) is 2.01. The number of rotatable bonds is 1. The van der Waals surface area contributed by atoms with Crippen molar-refractivity contribution in [3.8, 4) is 0 Å². The standard InChI is InChI=1S/C7H7BrN2O/c1-5-6(4-9-11)2-3-7(8)10-5/h2-4,11H,1H3/b9-4+. The Morgan fingerprint density at radius 2 is 2.36 bits per heavy atom. The SMILES string of the molecule is Cc1nc(Br)ccc1/C=N/O. The molecule has 58 valence electrons. The van der Waals surface area contributed by atoms with Gasteiger partial charge in [-0.3, -0.25) is 0 Å². The average Bonchev–Trinajstić information content (AvgIpc) is 1.95. The Bertz CT molecular complexity index is 286. The second-order valence-electron chi connectivity index (χ2n) is 2.05. The Kier molecular flexibility index (Phi) is 2.59. The van der Waals surface area contributed by atoms with Crippen molar-refractivity contribution in [2.75, 3.05) is 0 Å². The van der Waals surface area contributed by atoms with E-state index in [1.165, 1.54) is 6.21 Å². The monoisotopic (exact) mass is 214 g/mol. The third-order valence-electron chi connectivity index (χ3n) is 1.29. The minimum atomic E-state index is 0.782. The van der Waals surface area contributed by atoms with E-state index >= 15 is 0 Å². The van der Waals surface area contributed by atoms with Gasteiger partial charge in [-0.1, -0.05) is 5.16 Å². The van der Waals surface area contributed by atoms with E-state index in [0.29, 0.717) is 0 Å². The molecule has 0 saturated heterocycles. The summed E-state index contributed by atoms with van der Waals surface area (Å²) in [5, 5.41) is 11.2. The van der Waals surface area contributed by atoms with E-state index in [9.17, 15) is 0 Å². The molecule has 0 unspecified atom stereocenters. The van der Waals surface area contributed by atoms with Crippen molar-refractivity contribution in [1.29, 1.82) is 0 Å². The maximum Gasteiger partial charge on any atom is 0.106 e. The fourth-order valence-corrected chi connectivity index (χ4v) is 1.14. The first-order valence-electron chi connectivity index (χ1n) is 3.04. The lowest BCUT2D eigenvalue weighted by Gasteiger charge is -1.97. The molecule has 0 bridgehead atoms. The summed E-state index contributed by atoms with van der Waals surface area (Å²) < 4.78 is 0.782. The summed E-state index contributed by atoms with van der Waals surface area (Å²) in [7, 11) is 0. The van der Waals surface area contributed by atoms with Crippen LogP contribution in [0.3, 0.4) is 0 Å². The summed E-state index contributed by atoms with van der Waals surface area (Å²) in [5.41, 5.74) is 1.65. The second-order valence-corrected chi connectivity index (χ2v) is 2.87. The van der Waals surface area contributed by atoms with Gasteiger partial charge in [0.1, 0.15) is 4.60 Å². The molecule has 1 N–H and O–H groups in total. The maximum absolute atomic E-state index is 8.24. The van der Waals surface area contributed by atoms with Crippen LogP contribution in [-0.4, -0.2) is 16.4 Å². The predicted molar refractivity (Wildman–Crippen MR) is 46.1 cm³/mol. The minimum absolute atomic E-state index is 0.782. The number of hydrogen-bond acceptors (Lipinski definition) is 3. The lowest BCUT2D eigenvalue weighted by molar-refractivity contribution is 0.322. The molecule has 4 heteroatoms. The normalized spacial score (nSPS) is 10.7. The molecule has 1 aromatic heterocycles. The van der Waals surface area contributed by atoms with E-state index in [2.05, 4.69) is 26.1 Å². The van der Waals surface area contributed by atoms with E-state index < -0.39 is 0 Å². The number of hydrogen-bond donors (Lipinski definition) is 1. The number of pyridine rings is 1. The number of oxime groups is 1. The van der Waals surface area contributed by atoms with Crippen LogP contribution in [0, 0.1) is 6.92 Å². The molecule has 11 heavy (non-hydrogen) atoms. The molecule has 1 heterocycles. The van der Waals surface area contributed by atoms with E-state index in [1.807, 2.05) is 13.0 Å². The van der Waals surface area contributed by atoms with Crippen molar-refractivity contribution in [2.45, 2.75) is 6.92 Å². The third-order valence-corrected chi connectivity index (χ3v) is 1.73. The largest absolute Gasteiger partial charge is 0.411 e. The molecule has 0 radical (unpaired) electrons. The van der Waals surface area contributed by atoms with E-state index in [1.54, 1.807) is 6.07 Å². The quantitative estimate of drug-likeness (QED) is 0.337. The molecule has 0 fully saturated rings. The number of nitrogens with zero attached hydrogens (tertiary/aromatic N) is 2. The van der Waals surface area contributed by atoms with Gasteiger partial charge in [-0.05, 0) is 35.0 Å². The molecule has 0 spiro atoms. The van der Waals surface area contributed by atoms with Gasteiger partial charge >= 0.3 is 0 Å². The molecule has 1 aromatic rings. The van der Waals surface area contributed by atoms with Gasteiger partial charge in [-0.25, -0.2) is 4.98 Å². The summed E-state index contributed by atoms with van der Waals surface area (Å²) in [6, 6.07) is 3.62. The zero-order valence-corrected chi connectivity index (χ0v) is 7.54. The number of aryl methyl sites for hydroxylation is 1. The molecule has 0 saturated carbocycles. The Labute approximate surface area is 72.9 Å². The van der Waals surface area contributed by atoms with E-state index in [0.717, 1.165) is 15.9 Å². The van der Waals surface area contributed by atoms with Gasteiger partial charge in [0.05, 0.1) is 6.21 Å². The Morgan fingerprint density at radius 3 is 2.91 bits per heavy atom. The highest BCUT2D eigenvalue weighted by atomic mass is 79.9. The fourth-order valence-electron chi connectivity index (χ4n) is 0.740. The van der Waals surface area contributed by atoms with Crippen molar-refractivity contribution in [2.24, 2.45) is 5.16 Å². The Hall–Kier alpha value is -0.900. The van der Waals surface area contributed by atoms with Gasteiger partial charge in [0.25, 0.3) is 0 Å². The molecule has 0 aliphatic carbocycles. The topological polar surface area (TPSA) is 45.5 Å². The maximum atomic E-state index is 8.24. The van der Waals surface area contributed by atoms with Crippen molar-refractivity contribution in [3.05, 3.63) is 28.0 Å². The van der Waals surface area contributed by atoms with Crippen LogP contribution in [-0.2, 0) is 0 Å². The molecule has 3 nitrogen and oxygen atoms in total. The van der Waals surface area contributed by atoms with Crippen LogP contribution in [0.1, 0.15) is 11.3 Å². The first-order chi connectivity index (χ1) is 5.24. The van der Waals surface area contributed by atoms with Gasteiger partial charge in [0.2, 0.25) is 0 Å². The van der Waals surface area contributed by atoms with Gasteiger partial charge in [0.15, 0.2) is 0 Å². The Morgan fingerprint density at radius 1 is 1.64 bits per heavy atom. The van der Waals surface area contributed by atoms with Crippen LogP contribution < -0.4 is 0 Å². The second kappa shape index (κ2) is 3.48. The number of aromatic nitrogens is 1. The molecule has 0 atom stereocenters. The van der Waals surface area contributed by atoms with Crippen molar-refractivity contribution >= 4 is 22.1 Å². The van der Waals surface area contributed by atoms with Gasteiger partial charge < -0.3 is 5.21 Å². The van der Waals surface area contributed by atoms with Crippen LogP contribution in [0.4, 0.5) is 0 Å². The summed E-state index contributed by atoms with van der Waals surface area (Å²) in [6.45, 7) is 1.85. The average molecular weight is 215 g/mol. The molecule has 0 amide bonds. The van der Waals surface area contributed by atoms with E-state index in [-0.39, 0.29) is 0 Å². The highest BCUT2D eigenvalue weighted by Gasteiger charge is 1.96. The van der Waals surface area contributed by atoms with Gasteiger partial charge in [0, 0.05) is 11.3 Å². The van der Waals surface area contributed by atoms with Crippen molar-refractivity contribution < 1.29 is 5.21 Å². The first kappa shape index (κ1) is 8.20. The highest BCUT2D eigenvalue weighted by molar-refractivity contribution is 9.10. The highest BCUT2D eigenvalue weighted by Crippen LogP contribution is 2.09. The molecule has 0 aromatic carbocycles. The molecular weight excluding hydrogens is 208 g/mol. The van der Waals surface area contributed by atoms with E-state index in [4.69, 9.17) is 5.21 Å². The smallest absolute Gasteiger partial charge is 0.106 e. The minimum Gasteiger partial charge on any atom is -0.411 e. The number of halogens is 1. The van der Waals surface area contributed by atoms with Crippen molar-refractivity contribution in [3.63, 3.8) is 0 Å². The Balaban J connectivity index is 3.09. The predicted octanol–water partition coefficient (Wildman–Crippen LogP) is 1.96. The lowest BCUT2D eigenvalue weighted by Crippen LogP contribution is -1.90. The first-order valence-corrected chi connectivity index (χ1v) is 3.84. The molecular formula is C7H7BrN2O. The molecule has 0 aliphatic heterocycles. The zero-order chi connectivity index (χ0) is 8.27.